The number of nitrogens with zero attached hydrogens (tertiary/aromatic N) is 3. The lowest BCUT2D eigenvalue weighted by Crippen LogP contribution is -2.38. The lowest BCUT2D eigenvalue weighted by molar-refractivity contribution is 0.0284. The molecule has 7 nitrogen and oxygen atoms in total. The van der Waals surface area contributed by atoms with Gasteiger partial charge in [0.1, 0.15) is 24.2 Å². The topological polar surface area (TPSA) is 76.6 Å². The highest BCUT2D eigenvalue weighted by Crippen LogP contribution is 2.27. The fourth-order valence-electron chi connectivity index (χ4n) is 2.28. The van der Waals surface area contributed by atoms with Gasteiger partial charge in [-0.1, -0.05) is 29.8 Å². The average molecular weight is 405 g/mol. The quantitative estimate of drug-likeness (QED) is 0.535. The Bertz CT molecular complexity index is 772. The highest BCUT2D eigenvalue weighted by Gasteiger charge is 2.20. The molecule has 2 rings (SSSR count). The molecule has 0 atom stereocenters. The summed E-state index contributed by atoms with van der Waals surface area (Å²) in [7, 11) is 1.92. The molecule has 0 fully saturated rings. The fraction of sp³-hybridized carbons (Fsp3) is 0.421. The fourth-order valence-corrected chi connectivity index (χ4v) is 2.41. The summed E-state index contributed by atoms with van der Waals surface area (Å²) < 4.78 is 11.1. The minimum atomic E-state index is -0.505. The summed E-state index contributed by atoms with van der Waals surface area (Å²) >= 11 is 6.12. The third-order valence-electron chi connectivity index (χ3n) is 3.59. The number of ether oxygens (including phenoxy) is 2. The smallest absolute Gasteiger partial charge is 0.409 e. The summed E-state index contributed by atoms with van der Waals surface area (Å²) in [4.78, 5) is 22.3. The van der Waals surface area contributed by atoms with Crippen LogP contribution in [0.15, 0.2) is 36.5 Å². The molecule has 150 valence electrons. The number of hydrogen-bond donors (Lipinski definition) is 1. The van der Waals surface area contributed by atoms with Crippen molar-refractivity contribution in [3.05, 3.63) is 41.6 Å². The first kappa shape index (κ1) is 21.8. The third-order valence-corrected chi connectivity index (χ3v) is 3.85. The van der Waals surface area contributed by atoms with E-state index >= 15 is 0 Å². The summed E-state index contributed by atoms with van der Waals surface area (Å²) in [6.45, 7) is 6.72. The molecule has 1 aromatic carbocycles. The van der Waals surface area contributed by atoms with Crippen LogP contribution in [0.4, 0.5) is 10.7 Å². The van der Waals surface area contributed by atoms with E-state index < -0.39 is 5.60 Å². The molecule has 0 aliphatic heterocycles. The molecule has 1 amide bonds. The molecule has 1 heterocycles. The second-order valence-electron chi connectivity index (χ2n) is 7.10. The molecule has 2 aromatic rings. The predicted molar refractivity (Wildman–Crippen MR) is 113 cm³/mol. The standard InChI is InChI=1S/C19H26BClN4O3/c1-19(2,3)28-18(26)25(13-20)11-7-10-22-17-23-12-15(21)16(24-17)27-14-8-5-4-6-9-14/h4-6,8-9,12H,7,10-11,13,20H2,1-3H3,(H,22,23,24). The Balaban J connectivity index is 1.85. The summed E-state index contributed by atoms with van der Waals surface area (Å²) in [5.41, 5.74) is -0.505. The maximum absolute atomic E-state index is 12.1. The van der Waals surface area contributed by atoms with Crippen LogP contribution >= 0.6 is 11.6 Å². The van der Waals surface area contributed by atoms with Gasteiger partial charge < -0.3 is 19.7 Å². The van der Waals surface area contributed by atoms with Crippen LogP contribution in [-0.2, 0) is 4.74 Å². The maximum atomic E-state index is 12.1. The number of anilines is 1. The Labute approximate surface area is 171 Å². The zero-order chi connectivity index (χ0) is 20.6. The van der Waals surface area contributed by atoms with Crippen molar-refractivity contribution in [2.45, 2.75) is 32.8 Å². The molecular formula is C19H26BClN4O3. The molecule has 0 bridgehead atoms. The van der Waals surface area contributed by atoms with Gasteiger partial charge in [-0.3, -0.25) is 0 Å². The van der Waals surface area contributed by atoms with E-state index in [1.165, 1.54) is 6.20 Å². The van der Waals surface area contributed by atoms with E-state index in [0.29, 0.717) is 42.7 Å². The summed E-state index contributed by atoms with van der Waals surface area (Å²) in [5, 5.41) is 3.46. The van der Waals surface area contributed by atoms with Crippen LogP contribution < -0.4 is 10.1 Å². The van der Waals surface area contributed by atoms with Gasteiger partial charge in [-0.05, 0) is 45.8 Å². The van der Waals surface area contributed by atoms with E-state index in [-0.39, 0.29) is 12.0 Å². The number of aromatic nitrogens is 2. The molecule has 0 aliphatic carbocycles. The van der Waals surface area contributed by atoms with Crippen molar-refractivity contribution in [1.29, 1.82) is 0 Å². The van der Waals surface area contributed by atoms with Crippen molar-refractivity contribution < 1.29 is 14.3 Å². The monoisotopic (exact) mass is 404 g/mol. The van der Waals surface area contributed by atoms with Crippen molar-refractivity contribution in [2.75, 3.05) is 24.9 Å². The largest absolute Gasteiger partial charge is 0.444 e. The first-order valence-corrected chi connectivity index (χ1v) is 9.63. The van der Waals surface area contributed by atoms with Gasteiger partial charge in [0.25, 0.3) is 0 Å². The Morgan fingerprint density at radius 2 is 2.00 bits per heavy atom. The van der Waals surface area contributed by atoms with Gasteiger partial charge in [0.2, 0.25) is 11.8 Å². The molecule has 0 aliphatic rings. The van der Waals surface area contributed by atoms with Gasteiger partial charge in [-0.15, -0.1) is 0 Å². The van der Waals surface area contributed by atoms with E-state index in [1.54, 1.807) is 4.90 Å². The molecule has 0 spiro atoms. The van der Waals surface area contributed by atoms with Crippen molar-refractivity contribution in [1.82, 2.24) is 14.9 Å². The number of para-hydroxylation sites is 1. The number of rotatable bonds is 8. The Morgan fingerprint density at radius 1 is 1.29 bits per heavy atom. The Morgan fingerprint density at radius 3 is 2.64 bits per heavy atom. The van der Waals surface area contributed by atoms with Crippen LogP contribution in [0.25, 0.3) is 0 Å². The van der Waals surface area contributed by atoms with Gasteiger partial charge in [-0.25, -0.2) is 9.78 Å². The van der Waals surface area contributed by atoms with E-state index in [9.17, 15) is 4.79 Å². The van der Waals surface area contributed by atoms with Crippen molar-refractivity contribution >= 4 is 31.5 Å². The van der Waals surface area contributed by atoms with Gasteiger partial charge in [0.05, 0.1) is 6.20 Å². The number of benzene rings is 1. The van der Waals surface area contributed by atoms with Crippen LogP contribution in [0.5, 0.6) is 11.6 Å². The zero-order valence-electron chi connectivity index (χ0n) is 16.7. The highest BCUT2D eigenvalue weighted by atomic mass is 35.5. The van der Waals surface area contributed by atoms with Gasteiger partial charge in [-0.2, -0.15) is 4.98 Å². The van der Waals surface area contributed by atoms with Crippen LogP contribution in [-0.4, -0.2) is 53.9 Å². The average Bonchev–Trinajstić information content (AvgIpc) is 2.63. The summed E-state index contributed by atoms with van der Waals surface area (Å²) in [5.74, 6) is 1.34. The van der Waals surface area contributed by atoms with E-state index in [1.807, 2.05) is 58.9 Å². The molecule has 0 saturated heterocycles. The van der Waals surface area contributed by atoms with Crippen LogP contribution in [0.1, 0.15) is 27.2 Å². The third kappa shape index (κ3) is 7.27. The van der Waals surface area contributed by atoms with E-state index in [0.717, 1.165) is 0 Å². The van der Waals surface area contributed by atoms with Crippen LogP contribution in [0.2, 0.25) is 5.02 Å². The molecule has 0 saturated carbocycles. The van der Waals surface area contributed by atoms with E-state index in [2.05, 4.69) is 15.3 Å². The minimum absolute atomic E-state index is 0.286. The van der Waals surface area contributed by atoms with Crippen LogP contribution in [0.3, 0.4) is 0 Å². The molecule has 0 radical (unpaired) electrons. The maximum Gasteiger partial charge on any atom is 0.409 e. The Kier molecular flexibility index (Phi) is 7.93. The van der Waals surface area contributed by atoms with Crippen molar-refractivity contribution in [3.8, 4) is 11.6 Å². The molecule has 9 heteroatoms. The predicted octanol–water partition coefficient (Wildman–Crippen LogP) is 3.55. The lowest BCUT2D eigenvalue weighted by Gasteiger charge is -2.26. The second kappa shape index (κ2) is 10.2. The SMILES string of the molecule is BCN(CCCNc1ncc(Cl)c(Oc2ccccc2)n1)C(=O)OC(C)(C)C. The second-order valence-corrected chi connectivity index (χ2v) is 7.51. The molecule has 1 aromatic heterocycles. The van der Waals surface area contributed by atoms with Gasteiger partial charge in [0, 0.05) is 13.1 Å². The van der Waals surface area contributed by atoms with Crippen molar-refractivity contribution in [3.63, 3.8) is 0 Å². The number of hydrogen-bond acceptors (Lipinski definition) is 6. The van der Waals surface area contributed by atoms with E-state index in [4.69, 9.17) is 21.1 Å². The van der Waals surface area contributed by atoms with Crippen molar-refractivity contribution in [2.24, 2.45) is 0 Å². The summed E-state index contributed by atoms with van der Waals surface area (Å²) in [6, 6.07) is 9.28. The zero-order valence-corrected chi connectivity index (χ0v) is 17.5. The first-order valence-electron chi connectivity index (χ1n) is 9.25. The number of carbonyl (C=O) groups excluding carboxylic acids is 1. The first-order chi connectivity index (χ1) is 13.3. The lowest BCUT2D eigenvalue weighted by atomic mass is 10.1. The number of halogens is 1. The molecule has 1 N–H and O–H groups in total. The normalized spacial score (nSPS) is 11.0. The Hall–Kier alpha value is -2.48. The summed E-state index contributed by atoms with van der Waals surface area (Å²) in [6.07, 6.45) is 2.49. The van der Waals surface area contributed by atoms with Crippen LogP contribution in [0, 0.1) is 0 Å². The number of amides is 1. The highest BCUT2D eigenvalue weighted by molar-refractivity contribution is 6.31. The molecule has 28 heavy (non-hydrogen) atoms. The number of carbonyl (C=O) groups is 1. The molecule has 0 unspecified atom stereocenters. The molecular weight excluding hydrogens is 378 g/mol. The number of nitrogens with one attached hydrogen (secondary N) is 1. The minimum Gasteiger partial charge on any atom is -0.444 e. The van der Waals surface area contributed by atoms with Gasteiger partial charge in [0.15, 0.2) is 0 Å². The van der Waals surface area contributed by atoms with Gasteiger partial charge >= 0.3 is 6.09 Å².